The summed E-state index contributed by atoms with van der Waals surface area (Å²) in [6, 6.07) is 0. The van der Waals surface area contributed by atoms with Gasteiger partial charge in [0, 0.05) is 30.6 Å². The summed E-state index contributed by atoms with van der Waals surface area (Å²) in [5, 5.41) is 15.5. The number of hydrogen-bond acceptors (Lipinski definition) is 4. The Bertz CT molecular complexity index is 573. The van der Waals surface area contributed by atoms with Gasteiger partial charge in [0.1, 0.15) is 0 Å². The van der Waals surface area contributed by atoms with E-state index in [1.165, 1.54) is 24.2 Å². The number of nitrogens with one attached hydrogen (secondary N) is 1. The SMILES string of the molecule is CCC(C)C(O)CNCc1c(C2CC2)nc2sccn12. The lowest BCUT2D eigenvalue weighted by atomic mass is 10.0. The van der Waals surface area contributed by atoms with Gasteiger partial charge in [-0.15, -0.1) is 11.3 Å². The summed E-state index contributed by atoms with van der Waals surface area (Å²) in [7, 11) is 0. The number of hydrogen-bond donors (Lipinski definition) is 2. The number of nitrogens with zero attached hydrogens (tertiary/aromatic N) is 2. The van der Waals surface area contributed by atoms with Crippen LogP contribution in [0.25, 0.3) is 4.96 Å². The van der Waals surface area contributed by atoms with E-state index in [1.54, 1.807) is 11.3 Å². The highest BCUT2D eigenvalue weighted by atomic mass is 32.1. The summed E-state index contributed by atoms with van der Waals surface area (Å²) >= 11 is 1.69. The van der Waals surface area contributed by atoms with E-state index in [1.807, 2.05) is 0 Å². The molecular formula is C15H23N3OS. The van der Waals surface area contributed by atoms with Crippen LogP contribution in [0.2, 0.25) is 0 Å². The first-order chi connectivity index (χ1) is 9.70. The molecule has 4 nitrogen and oxygen atoms in total. The monoisotopic (exact) mass is 293 g/mol. The van der Waals surface area contributed by atoms with Crippen LogP contribution in [0.5, 0.6) is 0 Å². The van der Waals surface area contributed by atoms with E-state index < -0.39 is 0 Å². The number of aliphatic hydroxyl groups excluding tert-OH is 1. The highest BCUT2D eigenvalue weighted by Gasteiger charge is 2.30. The van der Waals surface area contributed by atoms with Crippen LogP contribution in [0.1, 0.15) is 50.4 Å². The van der Waals surface area contributed by atoms with Gasteiger partial charge in [0.25, 0.3) is 0 Å². The molecule has 2 aromatic rings. The first kappa shape index (κ1) is 14.0. The van der Waals surface area contributed by atoms with Crippen LogP contribution in [0.15, 0.2) is 11.6 Å². The topological polar surface area (TPSA) is 49.6 Å². The molecule has 0 bridgehead atoms. The number of aromatic nitrogens is 2. The summed E-state index contributed by atoms with van der Waals surface area (Å²) in [5.41, 5.74) is 2.54. The maximum absolute atomic E-state index is 10.0. The Balaban J connectivity index is 1.67. The fourth-order valence-corrected chi connectivity index (χ4v) is 3.26. The first-order valence-corrected chi connectivity index (χ1v) is 8.41. The van der Waals surface area contributed by atoms with E-state index in [9.17, 15) is 5.11 Å². The molecule has 110 valence electrons. The van der Waals surface area contributed by atoms with Gasteiger partial charge in [-0.25, -0.2) is 4.98 Å². The van der Waals surface area contributed by atoms with Crippen LogP contribution < -0.4 is 5.32 Å². The van der Waals surface area contributed by atoms with Crippen molar-refractivity contribution in [3.63, 3.8) is 0 Å². The van der Waals surface area contributed by atoms with Crippen LogP contribution in [0.4, 0.5) is 0 Å². The molecule has 20 heavy (non-hydrogen) atoms. The van der Waals surface area contributed by atoms with Crippen molar-refractivity contribution in [3.05, 3.63) is 23.0 Å². The molecule has 2 aromatic heterocycles. The minimum Gasteiger partial charge on any atom is -0.392 e. The van der Waals surface area contributed by atoms with Gasteiger partial charge in [0.2, 0.25) is 0 Å². The second kappa shape index (κ2) is 5.84. The van der Waals surface area contributed by atoms with E-state index in [-0.39, 0.29) is 6.10 Å². The zero-order valence-corrected chi connectivity index (χ0v) is 13.0. The second-order valence-electron chi connectivity index (χ2n) is 5.86. The molecule has 0 aromatic carbocycles. The molecule has 1 saturated carbocycles. The zero-order valence-electron chi connectivity index (χ0n) is 12.2. The number of rotatable bonds is 7. The van der Waals surface area contributed by atoms with Crippen molar-refractivity contribution in [3.8, 4) is 0 Å². The molecule has 0 amide bonds. The van der Waals surface area contributed by atoms with Crippen LogP contribution in [0.3, 0.4) is 0 Å². The summed E-state index contributed by atoms with van der Waals surface area (Å²) < 4.78 is 2.20. The molecular weight excluding hydrogens is 270 g/mol. The molecule has 2 heterocycles. The Morgan fingerprint density at radius 2 is 2.35 bits per heavy atom. The van der Waals surface area contributed by atoms with E-state index in [4.69, 9.17) is 4.98 Å². The number of fused-ring (bicyclic) bond motifs is 1. The predicted octanol–water partition coefficient (Wildman–Crippen LogP) is 2.77. The average molecular weight is 293 g/mol. The summed E-state index contributed by atoms with van der Waals surface area (Å²) in [6.07, 6.45) is 5.38. The Kier molecular flexibility index (Phi) is 4.10. The molecule has 0 radical (unpaired) electrons. The number of imidazole rings is 1. The van der Waals surface area contributed by atoms with Gasteiger partial charge in [-0.1, -0.05) is 20.3 Å². The lowest BCUT2D eigenvalue weighted by Crippen LogP contribution is -2.31. The van der Waals surface area contributed by atoms with E-state index >= 15 is 0 Å². The lowest BCUT2D eigenvalue weighted by Gasteiger charge is -2.17. The van der Waals surface area contributed by atoms with Crippen molar-refractivity contribution < 1.29 is 5.11 Å². The fourth-order valence-electron chi connectivity index (χ4n) is 2.52. The van der Waals surface area contributed by atoms with Gasteiger partial charge < -0.3 is 10.4 Å². The number of aliphatic hydroxyl groups is 1. The average Bonchev–Trinajstić information content (AvgIpc) is 3.09. The summed E-state index contributed by atoms with van der Waals surface area (Å²) in [5.74, 6) is 1.01. The van der Waals surface area contributed by atoms with Crippen molar-refractivity contribution >= 4 is 16.3 Å². The minimum atomic E-state index is -0.268. The summed E-state index contributed by atoms with van der Waals surface area (Å²) in [6.45, 7) is 5.65. The van der Waals surface area contributed by atoms with Crippen molar-refractivity contribution in [1.82, 2.24) is 14.7 Å². The Morgan fingerprint density at radius 1 is 1.55 bits per heavy atom. The smallest absolute Gasteiger partial charge is 0.194 e. The molecule has 2 unspecified atom stereocenters. The Hall–Kier alpha value is -0.910. The van der Waals surface area contributed by atoms with Crippen LogP contribution in [0, 0.1) is 5.92 Å². The van der Waals surface area contributed by atoms with E-state index in [0.717, 1.165) is 17.9 Å². The normalized spacial score (nSPS) is 18.6. The minimum absolute atomic E-state index is 0.268. The van der Waals surface area contributed by atoms with Crippen LogP contribution >= 0.6 is 11.3 Å². The molecule has 1 aliphatic carbocycles. The maximum atomic E-state index is 10.0. The zero-order chi connectivity index (χ0) is 14.1. The fraction of sp³-hybridized carbons (Fsp3) is 0.667. The molecule has 2 atom stereocenters. The molecule has 0 spiro atoms. The van der Waals surface area contributed by atoms with Crippen LogP contribution in [-0.2, 0) is 6.54 Å². The molecule has 5 heteroatoms. The molecule has 0 saturated heterocycles. The Morgan fingerprint density at radius 3 is 3.05 bits per heavy atom. The van der Waals surface area contributed by atoms with Gasteiger partial charge in [0.05, 0.1) is 17.5 Å². The molecule has 3 rings (SSSR count). The Labute approximate surface area is 123 Å². The van der Waals surface area contributed by atoms with Crippen LogP contribution in [-0.4, -0.2) is 27.1 Å². The highest BCUT2D eigenvalue weighted by molar-refractivity contribution is 7.15. The van der Waals surface area contributed by atoms with E-state index in [2.05, 4.69) is 35.1 Å². The second-order valence-corrected chi connectivity index (χ2v) is 6.73. The standard InChI is InChI=1S/C15H23N3OS/c1-3-10(2)13(19)9-16-8-12-14(11-4-5-11)17-15-18(12)6-7-20-15/h6-7,10-11,13,16,19H,3-5,8-9H2,1-2H3. The molecule has 1 fully saturated rings. The van der Waals surface area contributed by atoms with E-state index in [0.29, 0.717) is 18.4 Å². The largest absolute Gasteiger partial charge is 0.392 e. The predicted molar refractivity (Wildman–Crippen MR) is 82.2 cm³/mol. The lowest BCUT2D eigenvalue weighted by molar-refractivity contribution is 0.112. The van der Waals surface area contributed by atoms with Gasteiger partial charge >= 0.3 is 0 Å². The van der Waals surface area contributed by atoms with Crippen molar-refractivity contribution in [2.75, 3.05) is 6.54 Å². The quantitative estimate of drug-likeness (QED) is 0.825. The first-order valence-electron chi connectivity index (χ1n) is 7.53. The third-order valence-electron chi connectivity index (χ3n) is 4.30. The third kappa shape index (κ3) is 2.75. The number of thiazole rings is 1. The van der Waals surface area contributed by atoms with Crippen molar-refractivity contribution in [2.24, 2.45) is 5.92 Å². The van der Waals surface area contributed by atoms with Gasteiger partial charge in [0.15, 0.2) is 4.96 Å². The summed E-state index contributed by atoms with van der Waals surface area (Å²) in [4.78, 5) is 5.85. The van der Waals surface area contributed by atoms with Crippen molar-refractivity contribution in [2.45, 2.75) is 51.7 Å². The molecule has 0 aliphatic heterocycles. The highest BCUT2D eigenvalue weighted by Crippen LogP contribution is 2.41. The maximum Gasteiger partial charge on any atom is 0.194 e. The van der Waals surface area contributed by atoms with Gasteiger partial charge in [-0.2, -0.15) is 0 Å². The van der Waals surface area contributed by atoms with Gasteiger partial charge in [-0.3, -0.25) is 4.40 Å². The molecule has 1 aliphatic rings. The van der Waals surface area contributed by atoms with Crippen molar-refractivity contribution in [1.29, 1.82) is 0 Å². The molecule has 2 N–H and O–H groups in total. The third-order valence-corrected chi connectivity index (χ3v) is 5.06. The van der Waals surface area contributed by atoms with Gasteiger partial charge in [-0.05, 0) is 18.8 Å².